The lowest BCUT2D eigenvalue weighted by Gasteiger charge is -2.14. The lowest BCUT2D eigenvalue weighted by Crippen LogP contribution is -1.96. The highest BCUT2D eigenvalue weighted by atomic mass is 16.5. The molecule has 0 heterocycles. The average molecular weight is 274 g/mol. The largest absolute Gasteiger partial charge is 0.496 e. The fourth-order valence-electron chi connectivity index (χ4n) is 1.89. The van der Waals surface area contributed by atoms with Crippen LogP contribution in [0.1, 0.15) is 18.6 Å². The molecule has 0 aliphatic rings. The Morgan fingerprint density at radius 3 is 2.00 bits per heavy atom. The van der Waals surface area contributed by atoms with Gasteiger partial charge in [0.1, 0.15) is 23.0 Å². The van der Waals surface area contributed by atoms with E-state index < -0.39 is 6.10 Å². The van der Waals surface area contributed by atoms with Crippen LogP contribution in [0.5, 0.6) is 23.0 Å². The standard InChI is InChI=1S/C16H18O4/c1-11(17)15-6-4-5-7-16(15)20-14-9-12(18-2)8-13(10-14)19-3/h4-11,17H,1-3H3/t11-/m0/s1. The maximum absolute atomic E-state index is 9.75. The van der Waals surface area contributed by atoms with Crippen molar-refractivity contribution < 1.29 is 19.3 Å². The smallest absolute Gasteiger partial charge is 0.134 e. The average Bonchev–Trinajstić information content (AvgIpc) is 2.47. The maximum Gasteiger partial charge on any atom is 0.134 e. The number of methoxy groups -OCH3 is 2. The van der Waals surface area contributed by atoms with Gasteiger partial charge in [0.05, 0.1) is 20.3 Å². The molecule has 0 bridgehead atoms. The lowest BCUT2D eigenvalue weighted by atomic mass is 10.1. The summed E-state index contributed by atoms with van der Waals surface area (Å²) in [6, 6.07) is 12.7. The summed E-state index contributed by atoms with van der Waals surface area (Å²) in [6.45, 7) is 1.70. The Kier molecular flexibility index (Phi) is 4.48. The first-order valence-corrected chi connectivity index (χ1v) is 6.32. The van der Waals surface area contributed by atoms with Crippen LogP contribution in [0.3, 0.4) is 0 Å². The first-order valence-electron chi connectivity index (χ1n) is 6.32. The van der Waals surface area contributed by atoms with E-state index in [1.54, 1.807) is 39.3 Å². The molecule has 0 saturated heterocycles. The van der Waals surface area contributed by atoms with Gasteiger partial charge in [0, 0.05) is 23.8 Å². The molecule has 0 aliphatic carbocycles. The number of aliphatic hydroxyl groups excluding tert-OH is 1. The van der Waals surface area contributed by atoms with Crippen LogP contribution < -0.4 is 14.2 Å². The number of aliphatic hydroxyl groups is 1. The number of rotatable bonds is 5. The molecule has 0 radical (unpaired) electrons. The third-order valence-corrected chi connectivity index (χ3v) is 2.92. The quantitative estimate of drug-likeness (QED) is 0.905. The third kappa shape index (κ3) is 3.22. The first kappa shape index (κ1) is 14.2. The summed E-state index contributed by atoms with van der Waals surface area (Å²) in [5, 5.41) is 9.75. The van der Waals surface area contributed by atoms with Crippen LogP contribution in [0.4, 0.5) is 0 Å². The van der Waals surface area contributed by atoms with Gasteiger partial charge in [-0.05, 0) is 13.0 Å². The molecule has 0 aliphatic heterocycles. The topological polar surface area (TPSA) is 47.9 Å². The molecule has 1 N–H and O–H groups in total. The molecule has 106 valence electrons. The molecule has 0 aromatic heterocycles. The molecule has 2 aromatic carbocycles. The summed E-state index contributed by atoms with van der Waals surface area (Å²) < 4.78 is 16.2. The van der Waals surface area contributed by atoms with Gasteiger partial charge in [0.25, 0.3) is 0 Å². The van der Waals surface area contributed by atoms with E-state index in [-0.39, 0.29) is 0 Å². The van der Waals surface area contributed by atoms with Gasteiger partial charge in [0.2, 0.25) is 0 Å². The lowest BCUT2D eigenvalue weighted by molar-refractivity contribution is 0.195. The van der Waals surface area contributed by atoms with Crippen molar-refractivity contribution in [2.75, 3.05) is 14.2 Å². The molecule has 1 atom stereocenters. The van der Waals surface area contributed by atoms with Crippen LogP contribution in [0, 0.1) is 0 Å². The SMILES string of the molecule is COc1cc(OC)cc(Oc2ccccc2[C@H](C)O)c1. The van der Waals surface area contributed by atoms with E-state index in [4.69, 9.17) is 14.2 Å². The van der Waals surface area contributed by atoms with Gasteiger partial charge < -0.3 is 19.3 Å². The van der Waals surface area contributed by atoms with E-state index in [2.05, 4.69) is 0 Å². The Morgan fingerprint density at radius 1 is 0.900 bits per heavy atom. The van der Waals surface area contributed by atoms with Crippen LogP contribution in [0.25, 0.3) is 0 Å². The molecule has 0 saturated carbocycles. The van der Waals surface area contributed by atoms with Crippen molar-refractivity contribution in [1.29, 1.82) is 0 Å². The van der Waals surface area contributed by atoms with E-state index in [0.717, 1.165) is 5.56 Å². The number of hydrogen-bond acceptors (Lipinski definition) is 4. The molecular weight excluding hydrogens is 256 g/mol. The molecule has 4 heteroatoms. The zero-order valence-electron chi connectivity index (χ0n) is 11.8. The van der Waals surface area contributed by atoms with Crippen LogP contribution in [-0.4, -0.2) is 19.3 Å². The second kappa shape index (κ2) is 6.30. The minimum Gasteiger partial charge on any atom is -0.496 e. The molecule has 0 spiro atoms. The van der Waals surface area contributed by atoms with Crippen molar-refractivity contribution >= 4 is 0 Å². The fourth-order valence-corrected chi connectivity index (χ4v) is 1.89. The van der Waals surface area contributed by atoms with Gasteiger partial charge in [-0.2, -0.15) is 0 Å². The molecule has 0 unspecified atom stereocenters. The normalized spacial score (nSPS) is 11.8. The molecule has 2 aromatic rings. The van der Waals surface area contributed by atoms with Crippen LogP contribution in [0.15, 0.2) is 42.5 Å². The summed E-state index contributed by atoms with van der Waals surface area (Å²) in [4.78, 5) is 0. The van der Waals surface area contributed by atoms with E-state index >= 15 is 0 Å². The number of ether oxygens (including phenoxy) is 3. The summed E-state index contributed by atoms with van der Waals surface area (Å²) in [6.07, 6.45) is -0.598. The molecule has 4 nitrogen and oxygen atoms in total. The minimum atomic E-state index is -0.598. The minimum absolute atomic E-state index is 0.592. The van der Waals surface area contributed by atoms with E-state index in [1.165, 1.54) is 0 Å². The van der Waals surface area contributed by atoms with Crippen LogP contribution in [0.2, 0.25) is 0 Å². The van der Waals surface area contributed by atoms with Crippen molar-refractivity contribution in [3.8, 4) is 23.0 Å². The molecule has 0 amide bonds. The Bertz CT molecular complexity index is 556. The molecule has 2 rings (SSSR count). The molecule has 0 fully saturated rings. The van der Waals surface area contributed by atoms with Gasteiger partial charge in [-0.1, -0.05) is 18.2 Å². The van der Waals surface area contributed by atoms with Crippen molar-refractivity contribution in [3.63, 3.8) is 0 Å². The van der Waals surface area contributed by atoms with Crippen molar-refractivity contribution in [3.05, 3.63) is 48.0 Å². The highest BCUT2D eigenvalue weighted by Crippen LogP contribution is 2.33. The van der Waals surface area contributed by atoms with Crippen molar-refractivity contribution in [2.24, 2.45) is 0 Å². The Labute approximate surface area is 118 Å². The van der Waals surface area contributed by atoms with E-state index in [9.17, 15) is 5.11 Å². The highest BCUT2D eigenvalue weighted by Gasteiger charge is 2.10. The predicted molar refractivity (Wildman–Crippen MR) is 76.7 cm³/mol. The zero-order chi connectivity index (χ0) is 14.5. The second-order valence-electron chi connectivity index (χ2n) is 4.36. The maximum atomic E-state index is 9.75. The van der Waals surface area contributed by atoms with Gasteiger partial charge in [0.15, 0.2) is 0 Å². The third-order valence-electron chi connectivity index (χ3n) is 2.92. The zero-order valence-corrected chi connectivity index (χ0v) is 11.8. The summed E-state index contributed by atoms with van der Waals surface area (Å²) >= 11 is 0. The first-order chi connectivity index (χ1) is 9.63. The Balaban J connectivity index is 2.34. The van der Waals surface area contributed by atoms with Gasteiger partial charge >= 0.3 is 0 Å². The van der Waals surface area contributed by atoms with Crippen molar-refractivity contribution in [1.82, 2.24) is 0 Å². The molecular formula is C16H18O4. The molecule has 20 heavy (non-hydrogen) atoms. The summed E-state index contributed by atoms with van der Waals surface area (Å²) in [5.74, 6) is 2.50. The number of benzene rings is 2. The highest BCUT2D eigenvalue weighted by molar-refractivity contribution is 5.45. The Hall–Kier alpha value is -2.20. The van der Waals surface area contributed by atoms with E-state index in [0.29, 0.717) is 23.0 Å². The Morgan fingerprint density at radius 2 is 1.45 bits per heavy atom. The van der Waals surface area contributed by atoms with Gasteiger partial charge in [-0.15, -0.1) is 0 Å². The number of para-hydroxylation sites is 1. The summed E-state index contributed by atoms with van der Waals surface area (Å²) in [5.41, 5.74) is 0.731. The van der Waals surface area contributed by atoms with Gasteiger partial charge in [-0.25, -0.2) is 0 Å². The van der Waals surface area contributed by atoms with Crippen LogP contribution >= 0.6 is 0 Å². The van der Waals surface area contributed by atoms with E-state index in [1.807, 2.05) is 24.3 Å². The van der Waals surface area contributed by atoms with Crippen LogP contribution in [-0.2, 0) is 0 Å². The van der Waals surface area contributed by atoms with Gasteiger partial charge in [-0.3, -0.25) is 0 Å². The fraction of sp³-hybridized carbons (Fsp3) is 0.250. The van der Waals surface area contributed by atoms with Crippen molar-refractivity contribution in [2.45, 2.75) is 13.0 Å². The monoisotopic (exact) mass is 274 g/mol. The summed E-state index contributed by atoms with van der Waals surface area (Å²) in [7, 11) is 3.17. The predicted octanol–water partition coefficient (Wildman–Crippen LogP) is 3.55. The second-order valence-corrected chi connectivity index (χ2v) is 4.36. The number of hydrogen-bond donors (Lipinski definition) is 1.